The summed E-state index contributed by atoms with van der Waals surface area (Å²) in [5.74, 6) is 0.518. The highest BCUT2D eigenvalue weighted by Crippen LogP contribution is 2.37. The quantitative estimate of drug-likeness (QED) is 0.351. The lowest BCUT2D eigenvalue weighted by atomic mass is 10.1. The fraction of sp³-hybridized carbons (Fsp3) is 0.190. The third-order valence-corrected chi connectivity index (χ3v) is 6.07. The summed E-state index contributed by atoms with van der Waals surface area (Å²) in [4.78, 5) is 27.6. The van der Waals surface area contributed by atoms with Gasteiger partial charge in [0.25, 0.3) is 0 Å². The Morgan fingerprint density at radius 1 is 1.03 bits per heavy atom. The number of ketones is 1. The van der Waals surface area contributed by atoms with Crippen LogP contribution in [-0.2, 0) is 16.7 Å². The van der Waals surface area contributed by atoms with E-state index >= 15 is 0 Å². The van der Waals surface area contributed by atoms with E-state index in [-0.39, 0.29) is 22.2 Å². The number of halogens is 3. The first-order valence-electron chi connectivity index (χ1n) is 8.59. The van der Waals surface area contributed by atoms with Crippen LogP contribution in [0.2, 0.25) is 0 Å². The summed E-state index contributed by atoms with van der Waals surface area (Å²) in [5.41, 5.74) is 0.650. The molecular formula is C21H16F3NO2S2. The molecule has 0 aliphatic carbocycles. The Balaban J connectivity index is 1.74. The highest BCUT2D eigenvalue weighted by molar-refractivity contribution is 8.14. The highest BCUT2D eigenvalue weighted by atomic mass is 32.2. The van der Waals surface area contributed by atoms with Gasteiger partial charge in [0.05, 0.1) is 16.8 Å². The largest absolute Gasteiger partial charge is 0.418 e. The number of pyridine rings is 1. The van der Waals surface area contributed by atoms with Crippen LogP contribution >= 0.6 is 23.5 Å². The molecule has 0 saturated heterocycles. The summed E-state index contributed by atoms with van der Waals surface area (Å²) in [6.07, 6.45) is -3.08. The number of benzene rings is 2. The molecule has 0 fully saturated rings. The second kappa shape index (κ2) is 9.00. The minimum atomic E-state index is -4.46. The fourth-order valence-electron chi connectivity index (χ4n) is 2.70. The van der Waals surface area contributed by atoms with Crippen LogP contribution < -0.4 is 0 Å². The van der Waals surface area contributed by atoms with Crippen molar-refractivity contribution in [3.05, 3.63) is 71.4 Å². The van der Waals surface area contributed by atoms with Gasteiger partial charge in [-0.05, 0) is 17.7 Å². The number of rotatable bonds is 6. The van der Waals surface area contributed by atoms with Crippen LogP contribution in [0.1, 0.15) is 28.4 Å². The number of carbonyl (C=O) groups excluding carboxylic acids is 2. The number of fused-ring (bicyclic) bond motifs is 1. The van der Waals surface area contributed by atoms with Crippen LogP contribution in [0.25, 0.3) is 10.9 Å². The minimum absolute atomic E-state index is 0.0612. The lowest BCUT2D eigenvalue weighted by molar-refractivity contribution is -0.136. The molecule has 8 heteroatoms. The standard InChI is InChI=1S/C21H16F3NO2S2/c1-13(26)28-12-18(27)15-7-5-14(6-8-15)11-29-19-9-10-25-20-16(19)3-2-4-17(20)21(22,23)24/h2-10H,11-12H2,1H3. The van der Waals surface area contributed by atoms with E-state index in [0.717, 1.165) is 23.4 Å². The zero-order valence-corrected chi connectivity index (χ0v) is 17.0. The second-order valence-electron chi connectivity index (χ2n) is 6.20. The molecule has 3 aromatic rings. The number of hydrogen-bond acceptors (Lipinski definition) is 5. The Bertz CT molecular complexity index is 1050. The third kappa shape index (κ3) is 5.39. The van der Waals surface area contributed by atoms with Crippen molar-refractivity contribution in [2.24, 2.45) is 0 Å². The number of thioether (sulfide) groups is 2. The molecule has 0 bridgehead atoms. The van der Waals surface area contributed by atoms with E-state index in [1.54, 1.807) is 24.3 Å². The fourth-order valence-corrected chi connectivity index (χ4v) is 4.20. The Hall–Kier alpha value is -2.32. The molecule has 0 amide bonds. The lowest BCUT2D eigenvalue weighted by Gasteiger charge is -2.12. The molecule has 0 unspecified atom stereocenters. The van der Waals surface area contributed by atoms with Crippen molar-refractivity contribution >= 4 is 45.3 Å². The molecule has 0 spiro atoms. The Morgan fingerprint density at radius 2 is 1.76 bits per heavy atom. The molecule has 3 rings (SSSR count). The second-order valence-corrected chi connectivity index (χ2v) is 8.37. The summed E-state index contributed by atoms with van der Waals surface area (Å²) in [6.45, 7) is 1.42. The van der Waals surface area contributed by atoms with Gasteiger partial charge in [-0.15, -0.1) is 11.8 Å². The van der Waals surface area contributed by atoms with Gasteiger partial charge in [0.2, 0.25) is 0 Å². The van der Waals surface area contributed by atoms with Gasteiger partial charge < -0.3 is 0 Å². The van der Waals surface area contributed by atoms with Gasteiger partial charge in [-0.2, -0.15) is 13.2 Å². The Labute approximate surface area is 174 Å². The summed E-state index contributed by atoms with van der Waals surface area (Å²) < 4.78 is 39.6. The molecule has 0 atom stereocenters. The van der Waals surface area contributed by atoms with Gasteiger partial charge in [-0.1, -0.05) is 48.2 Å². The molecule has 1 aromatic heterocycles. The van der Waals surface area contributed by atoms with Gasteiger partial charge >= 0.3 is 6.18 Å². The summed E-state index contributed by atoms with van der Waals surface area (Å²) in [6, 6.07) is 12.8. The van der Waals surface area contributed by atoms with Crippen molar-refractivity contribution in [3.63, 3.8) is 0 Å². The molecule has 0 saturated carbocycles. The molecule has 0 aliphatic heterocycles. The van der Waals surface area contributed by atoms with Crippen molar-refractivity contribution in [2.75, 3.05) is 5.75 Å². The van der Waals surface area contributed by atoms with Gasteiger partial charge in [-0.3, -0.25) is 14.6 Å². The first-order chi connectivity index (χ1) is 13.8. The van der Waals surface area contributed by atoms with Crippen molar-refractivity contribution in [3.8, 4) is 0 Å². The van der Waals surface area contributed by atoms with Crippen molar-refractivity contribution < 1.29 is 22.8 Å². The number of hydrogen-bond donors (Lipinski definition) is 0. The van der Waals surface area contributed by atoms with Crippen molar-refractivity contribution in [1.82, 2.24) is 4.98 Å². The van der Waals surface area contributed by atoms with E-state index in [9.17, 15) is 22.8 Å². The van der Waals surface area contributed by atoms with Crippen LogP contribution in [0, 0.1) is 0 Å². The molecule has 29 heavy (non-hydrogen) atoms. The molecule has 0 aliphatic rings. The highest BCUT2D eigenvalue weighted by Gasteiger charge is 2.33. The van der Waals surface area contributed by atoms with Crippen LogP contribution in [0.5, 0.6) is 0 Å². The third-order valence-electron chi connectivity index (χ3n) is 4.11. The van der Waals surface area contributed by atoms with Gasteiger partial charge in [0.15, 0.2) is 10.9 Å². The summed E-state index contributed by atoms with van der Waals surface area (Å²) in [7, 11) is 0. The van der Waals surface area contributed by atoms with Crippen molar-refractivity contribution in [1.29, 1.82) is 0 Å². The number of carbonyl (C=O) groups is 2. The number of para-hydroxylation sites is 1. The summed E-state index contributed by atoms with van der Waals surface area (Å²) >= 11 is 2.38. The number of Topliss-reactive ketones (excluding diaryl/α,β-unsaturated/α-hetero) is 1. The molecule has 150 valence electrons. The predicted molar refractivity (Wildman–Crippen MR) is 110 cm³/mol. The van der Waals surface area contributed by atoms with E-state index < -0.39 is 11.7 Å². The smallest absolute Gasteiger partial charge is 0.293 e. The van der Waals surface area contributed by atoms with Crippen LogP contribution in [0.4, 0.5) is 13.2 Å². The van der Waals surface area contributed by atoms with Gasteiger partial charge in [0, 0.05) is 34.7 Å². The number of nitrogens with zero attached hydrogens (tertiary/aromatic N) is 1. The van der Waals surface area contributed by atoms with Crippen LogP contribution in [0.3, 0.4) is 0 Å². The van der Waals surface area contributed by atoms with Gasteiger partial charge in [-0.25, -0.2) is 0 Å². The van der Waals surface area contributed by atoms with E-state index in [4.69, 9.17) is 0 Å². The predicted octanol–water partition coefficient (Wildman–Crippen LogP) is 6.01. The molecule has 3 nitrogen and oxygen atoms in total. The van der Waals surface area contributed by atoms with E-state index in [1.165, 1.54) is 30.9 Å². The van der Waals surface area contributed by atoms with Crippen LogP contribution in [-0.4, -0.2) is 21.6 Å². The number of alkyl halides is 3. The van der Waals surface area contributed by atoms with Crippen LogP contribution in [0.15, 0.2) is 59.6 Å². The average Bonchev–Trinajstić information content (AvgIpc) is 2.69. The Morgan fingerprint density at radius 3 is 2.41 bits per heavy atom. The maximum Gasteiger partial charge on any atom is 0.418 e. The summed E-state index contributed by atoms with van der Waals surface area (Å²) in [5, 5.41) is 0.352. The lowest BCUT2D eigenvalue weighted by Crippen LogP contribution is -2.06. The normalized spacial score (nSPS) is 11.6. The maximum absolute atomic E-state index is 13.2. The zero-order chi connectivity index (χ0) is 21.0. The zero-order valence-electron chi connectivity index (χ0n) is 15.3. The molecule has 1 heterocycles. The van der Waals surface area contributed by atoms with E-state index in [1.807, 2.05) is 12.1 Å². The molecule has 2 aromatic carbocycles. The minimum Gasteiger partial charge on any atom is -0.293 e. The first-order valence-corrected chi connectivity index (χ1v) is 10.6. The SMILES string of the molecule is CC(=O)SCC(=O)c1ccc(CSc2ccnc3c(C(F)(F)F)cccc23)cc1. The molecule has 0 radical (unpaired) electrons. The molecule has 0 N–H and O–H groups in total. The van der Waals surface area contributed by atoms with Gasteiger partial charge in [0.1, 0.15) is 0 Å². The number of aromatic nitrogens is 1. The Kier molecular flexibility index (Phi) is 6.64. The molecular weight excluding hydrogens is 419 g/mol. The van der Waals surface area contributed by atoms with Crippen molar-refractivity contribution in [2.45, 2.75) is 23.7 Å². The monoisotopic (exact) mass is 435 g/mol. The first kappa shape index (κ1) is 21.4. The van der Waals surface area contributed by atoms with E-state index in [2.05, 4.69) is 4.98 Å². The van der Waals surface area contributed by atoms with E-state index in [0.29, 0.717) is 21.6 Å². The maximum atomic E-state index is 13.2. The topological polar surface area (TPSA) is 47.0 Å². The average molecular weight is 435 g/mol.